The summed E-state index contributed by atoms with van der Waals surface area (Å²) in [5.41, 5.74) is 3.33. The van der Waals surface area contributed by atoms with E-state index in [2.05, 4.69) is 0 Å². The van der Waals surface area contributed by atoms with Gasteiger partial charge in [-0.25, -0.2) is 0 Å². The molecule has 5 aromatic rings. The monoisotopic (exact) mass is 580 g/mol. The van der Waals surface area contributed by atoms with E-state index in [-0.39, 0.29) is 25.6 Å². The van der Waals surface area contributed by atoms with Crippen molar-refractivity contribution in [1.82, 2.24) is 0 Å². The first-order chi connectivity index (χ1) is 21.0. The summed E-state index contributed by atoms with van der Waals surface area (Å²) in [6.45, 7) is -0.205. The normalized spacial score (nSPS) is 22.6. The zero-order chi connectivity index (χ0) is 29.7. The molecule has 0 saturated heterocycles. The van der Waals surface area contributed by atoms with Crippen molar-refractivity contribution < 1.29 is 38.7 Å². The Morgan fingerprint density at radius 2 is 1.21 bits per heavy atom. The fourth-order valence-electron chi connectivity index (χ4n) is 5.01. The molecule has 0 aliphatic carbocycles. The van der Waals surface area contributed by atoms with Crippen molar-refractivity contribution in [2.75, 3.05) is 0 Å². The summed E-state index contributed by atoms with van der Waals surface area (Å²) >= 11 is 0. The second kappa shape index (κ2) is 12.5. The van der Waals surface area contributed by atoms with Gasteiger partial charge in [0.1, 0.15) is 17.6 Å². The smallest absolute Gasteiger partial charge is 0.269 e. The Kier molecular flexibility index (Phi) is 8.40. The quantitative estimate of drug-likeness (QED) is 0.175. The topological polar surface area (TPSA) is 111 Å². The number of para-hydroxylation sites is 1. The number of aliphatic hydroxyl groups excluding tert-OH is 1. The highest BCUT2D eigenvalue weighted by Crippen LogP contribution is 2.44. The van der Waals surface area contributed by atoms with Crippen LogP contribution in [0.25, 0.3) is 16.7 Å². The van der Waals surface area contributed by atoms with Crippen LogP contribution in [0.5, 0.6) is 0 Å². The highest BCUT2D eigenvalue weighted by atomic mass is 16.7. The van der Waals surface area contributed by atoms with Gasteiger partial charge in [-0.1, -0.05) is 109 Å². The SMILES string of the molecule is OC(OCc1ccccc1)[C@H]1OC(c2coc3ccccc23)=C[C@](O)(OCc2ccccc2)[C@@]1(O)OCc1ccccc1. The molecule has 0 bridgehead atoms. The Hall–Kier alpha value is -4.28. The molecule has 43 heavy (non-hydrogen) atoms. The van der Waals surface area contributed by atoms with Crippen molar-refractivity contribution in [1.29, 1.82) is 0 Å². The average Bonchev–Trinajstić information content (AvgIpc) is 3.49. The highest BCUT2D eigenvalue weighted by Gasteiger charge is 2.63. The number of hydrogen-bond acceptors (Lipinski definition) is 8. The molecule has 220 valence electrons. The largest absolute Gasteiger partial charge is 0.478 e. The number of benzene rings is 4. The second-order valence-electron chi connectivity index (χ2n) is 10.3. The van der Waals surface area contributed by atoms with Gasteiger partial charge in [0.25, 0.3) is 5.79 Å². The van der Waals surface area contributed by atoms with Crippen molar-refractivity contribution in [3.8, 4) is 0 Å². The summed E-state index contributed by atoms with van der Waals surface area (Å²) in [5, 5.41) is 36.6. The second-order valence-corrected chi connectivity index (χ2v) is 10.3. The summed E-state index contributed by atoms with van der Waals surface area (Å²) in [7, 11) is 0. The van der Waals surface area contributed by atoms with Crippen molar-refractivity contribution in [3.63, 3.8) is 0 Å². The minimum atomic E-state index is -2.63. The maximum absolute atomic E-state index is 12.3. The Morgan fingerprint density at radius 1 is 0.674 bits per heavy atom. The van der Waals surface area contributed by atoms with Crippen LogP contribution in [0.4, 0.5) is 0 Å². The zero-order valence-electron chi connectivity index (χ0n) is 23.3. The van der Waals surface area contributed by atoms with Crippen LogP contribution in [0.3, 0.4) is 0 Å². The van der Waals surface area contributed by atoms with Crippen LogP contribution in [-0.4, -0.2) is 39.3 Å². The molecule has 4 aromatic carbocycles. The van der Waals surface area contributed by atoms with E-state index in [9.17, 15) is 15.3 Å². The van der Waals surface area contributed by atoms with E-state index in [0.29, 0.717) is 16.5 Å². The minimum absolute atomic E-state index is 0.00756. The molecule has 4 atom stereocenters. The van der Waals surface area contributed by atoms with Crippen LogP contribution >= 0.6 is 0 Å². The van der Waals surface area contributed by atoms with Crippen molar-refractivity contribution >= 4 is 16.7 Å². The van der Waals surface area contributed by atoms with Gasteiger partial charge in [0, 0.05) is 11.5 Å². The number of rotatable bonds is 11. The van der Waals surface area contributed by atoms with Crippen LogP contribution in [0.1, 0.15) is 22.3 Å². The van der Waals surface area contributed by atoms with Gasteiger partial charge < -0.3 is 38.7 Å². The molecular weight excluding hydrogens is 548 g/mol. The Bertz CT molecular complexity index is 1650. The molecule has 8 nitrogen and oxygen atoms in total. The first-order valence-electron chi connectivity index (χ1n) is 14.0. The van der Waals surface area contributed by atoms with Crippen LogP contribution < -0.4 is 0 Å². The molecule has 0 fully saturated rings. The molecule has 3 N–H and O–H groups in total. The number of fused-ring (bicyclic) bond motifs is 1. The standard InChI is InChI=1S/C35H32O8/c36-33(40-21-25-12-4-1-5-13-25)32-35(38,42-23-27-16-8-3-9-17-27)34(37,41-22-26-14-6-2-7-15-26)20-31(43-32)29-24-39-30-19-11-10-18-28(29)30/h1-20,24,32-33,36-38H,21-23H2/t32-,33?,34+,35+/m1/s1. The minimum Gasteiger partial charge on any atom is -0.478 e. The Labute approximate surface area is 249 Å². The summed E-state index contributed by atoms with van der Waals surface area (Å²) < 4.78 is 29.9. The average molecular weight is 581 g/mol. The van der Waals surface area contributed by atoms with E-state index >= 15 is 0 Å². The Balaban J connectivity index is 1.41. The lowest BCUT2D eigenvalue weighted by Crippen LogP contribution is -2.68. The third-order valence-electron chi connectivity index (χ3n) is 7.35. The molecule has 0 spiro atoms. The van der Waals surface area contributed by atoms with Gasteiger partial charge in [-0.05, 0) is 22.8 Å². The van der Waals surface area contributed by atoms with E-state index in [4.69, 9.17) is 23.4 Å². The lowest BCUT2D eigenvalue weighted by atomic mass is 9.92. The van der Waals surface area contributed by atoms with E-state index in [0.717, 1.165) is 16.7 Å². The molecule has 1 aliphatic heterocycles. The fraction of sp³-hybridized carbons (Fsp3) is 0.200. The number of ether oxygens (including phenoxy) is 4. The van der Waals surface area contributed by atoms with E-state index in [1.807, 2.05) is 109 Å². The van der Waals surface area contributed by atoms with E-state index in [1.54, 1.807) is 6.07 Å². The molecule has 0 saturated carbocycles. The fourth-order valence-corrected chi connectivity index (χ4v) is 5.01. The lowest BCUT2D eigenvalue weighted by Gasteiger charge is -2.48. The first kappa shape index (κ1) is 28.8. The number of hydrogen-bond donors (Lipinski definition) is 3. The summed E-state index contributed by atoms with van der Waals surface area (Å²) in [6.07, 6.45) is -0.681. The van der Waals surface area contributed by atoms with Gasteiger partial charge in [0.05, 0.1) is 25.4 Å². The number of aliphatic hydroxyl groups is 3. The van der Waals surface area contributed by atoms with Crippen LogP contribution in [0.2, 0.25) is 0 Å². The van der Waals surface area contributed by atoms with Gasteiger partial charge in [0.15, 0.2) is 6.29 Å². The van der Waals surface area contributed by atoms with Crippen molar-refractivity contribution in [2.24, 2.45) is 0 Å². The summed E-state index contributed by atoms with van der Waals surface area (Å²) in [6, 6.07) is 34.9. The molecule has 2 heterocycles. The van der Waals surface area contributed by atoms with Crippen LogP contribution in [0.15, 0.2) is 132 Å². The van der Waals surface area contributed by atoms with Crippen molar-refractivity contribution in [2.45, 2.75) is 43.8 Å². The molecule has 1 aromatic heterocycles. The third kappa shape index (κ3) is 6.11. The molecule has 6 rings (SSSR count). The maximum atomic E-state index is 12.3. The first-order valence-corrected chi connectivity index (χ1v) is 14.0. The number of furan rings is 1. The lowest BCUT2D eigenvalue weighted by molar-refractivity contribution is -0.420. The van der Waals surface area contributed by atoms with E-state index in [1.165, 1.54) is 12.3 Å². The van der Waals surface area contributed by atoms with Gasteiger partial charge in [-0.3, -0.25) is 0 Å². The molecule has 0 amide bonds. The maximum Gasteiger partial charge on any atom is 0.269 e. The summed E-state index contributed by atoms with van der Waals surface area (Å²) in [5.74, 6) is -5.02. The molecular formula is C35H32O8. The van der Waals surface area contributed by atoms with Gasteiger partial charge >= 0.3 is 0 Å². The zero-order valence-corrected chi connectivity index (χ0v) is 23.3. The predicted molar refractivity (Wildman–Crippen MR) is 159 cm³/mol. The van der Waals surface area contributed by atoms with Gasteiger partial charge in [0.2, 0.25) is 11.9 Å². The molecule has 1 aliphatic rings. The van der Waals surface area contributed by atoms with Crippen LogP contribution in [-0.2, 0) is 38.8 Å². The van der Waals surface area contributed by atoms with E-state index < -0.39 is 24.0 Å². The van der Waals surface area contributed by atoms with Crippen LogP contribution in [0, 0.1) is 0 Å². The molecule has 8 heteroatoms. The van der Waals surface area contributed by atoms with Gasteiger partial charge in [-0.15, -0.1) is 0 Å². The summed E-state index contributed by atoms with van der Waals surface area (Å²) in [4.78, 5) is 0. The van der Waals surface area contributed by atoms with Crippen molar-refractivity contribution in [3.05, 3.63) is 150 Å². The Morgan fingerprint density at radius 3 is 1.84 bits per heavy atom. The molecule has 0 radical (unpaired) electrons. The molecule has 1 unspecified atom stereocenters. The predicted octanol–water partition coefficient (Wildman–Crippen LogP) is 5.52. The van der Waals surface area contributed by atoms with Gasteiger partial charge in [-0.2, -0.15) is 0 Å². The third-order valence-corrected chi connectivity index (χ3v) is 7.35. The highest BCUT2D eigenvalue weighted by molar-refractivity contribution is 5.89.